The lowest BCUT2D eigenvalue weighted by atomic mass is 9.60. The number of thioether (sulfide) groups is 1. The van der Waals surface area contributed by atoms with Gasteiger partial charge >= 0.3 is 5.97 Å². The molecule has 0 aliphatic heterocycles. The first-order chi connectivity index (χ1) is 16.2. The molecule has 0 bridgehead atoms. The van der Waals surface area contributed by atoms with Crippen LogP contribution in [0.2, 0.25) is 0 Å². The van der Waals surface area contributed by atoms with E-state index in [0.29, 0.717) is 19.4 Å². The lowest BCUT2D eigenvalue weighted by Gasteiger charge is -2.42. The molecule has 192 valence electrons. The Balaban J connectivity index is 2.30. The van der Waals surface area contributed by atoms with Crippen LogP contribution in [0.25, 0.3) is 0 Å². The first-order valence-electron chi connectivity index (χ1n) is 12.1. The molecule has 3 atom stereocenters. The van der Waals surface area contributed by atoms with Gasteiger partial charge < -0.3 is 15.3 Å². The number of aliphatic carboxylic acids is 1. The Morgan fingerprint density at radius 3 is 2.43 bits per heavy atom. The monoisotopic (exact) mass is 517 g/mol. The van der Waals surface area contributed by atoms with Gasteiger partial charge in [-0.3, -0.25) is 9.59 Å². The van der Waals surface area contributed by atoms with E-state index in [-0.39, 0.29) is 18.7 Å². The number of rotatable bonds is 13. The maximum absolute atomic E-state index is 13.7. The van der Waals surface area contributed by atoms with Gasteiger partial charge in [0.25, 0.3) is 0 Å². The van der Waals surface area contributed by atoms with Gasteiger partial charge in [-0.1, -0.05) is 56.4 Å². The van der Waals surface area contributed by atoms with E-state index in [2.05, 4.69) is 23.2 Å². The molecular formula is C27H39N3O3S2. The highest BCUT2D eigenvalue weighted by molar-refractivity contribution is 8.24. The molecule has 1 saturated carbocycles. The average Bonchev–Trinajstić information content (AvgIpc) is 3.37. The largest absolute Gasteiger partial charge is 0.481 e. The van der Waals surface area contributed by atoms with E-state index in [1.165, 1.54) is 0 Å². The molecule has 0 spiro atoms. The molecule has 1 aliphatic rings. The summed E-state index contributed by atoms with van der Waals surface area (Å²) in [7, 11) is 4.01. The van der Waals surface area contributed by atoms with E-state index in [1.54, 1.807) is 11.8 Å². The van der Waals surface area contributed by atoms with Crippen LogP contribution in [-0.2, 0) is 9.59 Å². The summed E-state index contributed by atoms with van der Waals surface area (Å²) in [5.74, 6) is -0.927. The third-order valence-corrected chi connectivity index (χ3v) is 9.57. The normalized spacial score (nSPS) is 23.3. The maximum Gasteiger partial charge on any atom is 0.303 e. The first kappa shape index (κ1) is 29.3. The molecule has 8 heteroatoms. The number of carbonyl (C=O) groups is 2. The minimum atomic E-state index is -0.921. The highest BCUT2D eigenvalue weighted by Gasteiger charge is 2.71. The minimum Gasteiger partial charge on any atom is -0.481 e. The van der Waals surface area contributed by atoms with Crippen molar-refractivity contribution >= 4 is 40.1 Å². The fourth-order valence-corrected chi connectivity index (χ4v) is 6.80. The highest BCUT2D eigenvalue weighted by atomic mass is 32.2. The van der Waals surface area contributed by atoms with Crippen molar-refractivity contribution in [2.24, 2.45) is 16.2 Å². The van der Waals surface area contributed by atoms with E-state index in [1.807, 2.05) is 65.2 Å². The number of nitrogens with one attached hydrogen (secondary N) is 1. The first-order valence-corrected chi connectivity index (χ1v) is 13.3. The predicted molar refractivity (Wildman–Crippen MR) is 146 cm³/mol. The number of carbonyl (C=O) groups excluding carboxylic acids is 1. The van der Waals surface area contributed by atoms with Gasteiger partial charge in [0.2, 0.25) is 5.91 Å². The van der Waals surface area contributed by atoms with Crippen LogP contribution in [0.5, 0.6) is 0 Å². The van der Waals surface area contributed by atoms with Crippen LogP contribution in [0.3, 0.4) is 0 Å². The van der Waals surface area contributed by atoms with Crippen LogP contribution in [0.1, 0.15) is 65.4 Å². The summed E-state index contributed by atoms with van der Waals surface area (Å²) < 4.78 is 0.341. The lowest BCUT2D eigenvalue weighted by Crippen LogP contribution is -2.44. The Kier molecular flexibility index (Phi) is 9.54. The molecule has 1 aromatic rings. The van der Waals surface area contributed by atoms with Crippen LogP contribution >= 0.6 is 24.0 Å². The Bertz CT molecular complexity index is 976. The van der Waals surface area contributed by atoms with Gasteiger partial charge in [-0.25, -0.2) is 0 Å². The van der Waals surface area contributed by atoms with E-state index >= 15 is 0 Å². The molecule has 2 unspecified atom stereocenters. The van der Waals surface area contributed by atoms with Gasteiger partial charge in [-0.05, 0) is 71.1 Å². The van der Waals surface area contributed by atoms with Crippen LogP contribution < -0.4 is 5.32 Å². The summed E-state index contributed by atoms with van der Waals surface area (Å²) in [5, 5.41) is 22.4. The topological polar surface area (TPSA) is 93.4 Å². The zero-order valence-corrected chi connectivity index (χ0v) is 23.4. The van der Waals surface area contributed by atoms with E-state index in [9.17, 15) is 20.0 Å². The summed E-state index contributed by atoms with van der Waals surface area (Å²) in [6.07, 6.45) is 2.13. The number of amides is 1. The molecule has 6 nitrogen and oxygen atoms in total. The van der Waals surface area contributed by atoms with E-state index in [4.69, 9.17) is 12.2 Å². The van der Waals surface area contributed by atoms with Crippen LogP contribution in [0, 0.1) is 27.6 Å². The number of hydrogen-bond acceptors (Lipinski definition) is 6. The molecule has 1 aromatic carbocycles. The molecule has 1 aliphatic carbocycles. The second-order valence-corrected chi connectivity index (χ2v) is 13.2. The quantitative estimate of drug-likeness (QED) is 0.277. The molecule has 2 N–H and O–H groups in total. The fraction of sp³-hybridized carbons (Fsp3) is 0.630. The van der Waals surface area contributed by atoms with Crippen LogP contribution in [0.4, 0.5) is 0 Å². The van der Waals surface area contributed by atoms with Crippen molar-refractivity contribution in [2.45, 2.75) is 64.5 Å². The Morgan fingerprint density at radius 1 is 1.26 bits per heavy atom. The Morgan fingerprint density at radius 2 is 1.89 bits per heavy atom. The molecule has 0 heterocycles. The molecule has 0 radical (unpaired) electrons. The lowest BCUT2D eigenvalue weighted by molar-refractivity contribution is -0.138. The summed E-state index contributed by atoms with van der Waals surface area (Å²) in [4.78, 5) is 27.0. The summed E-state index contributed by atoms with van der Waals surface area (Å²) in [6.45, 7) is 9.34. The Labute approximate surface area is 219 Å². The molecule has 1 fully saturated rings. The minimum absolute atomic E-state index is 0.00582. The van der Waals surface area contributed by atoms with Crippen molar-refractivity contribution < 1.29 is 14.7 Å². The number of nitrogens with zero attached hydrogens (tertiary/aromatic N) is 2. The number of carboxylic acids is 1. The SMILES string of the molecule is CN(C)CCCNC(=O)C1(CC(C)(C)C(C)(C#N)CCC(=O)O)C[C@]1(C)SC(=S)c1ccccc1. The van der Waals surface area contributed by atoms with Crippen molar-refractivity contribution in [2.75, 3.05) is 27.2 Å². The van der Waals surface area contributed by atoms with Crippen molar-refractivity contribution in [3.05, 3.63) is 35.9 Å². The number of nitriles is 1. The van der Waals surface area contributed by atoms with E-state index in [0.717, 1.165) is 22.7 Å². The predicted octanol–water partition coefficient (Wildman–Crippen LogP) is 5.12. The number of carboxylic acid groups (broad SMARTS) is 1. The number of benzene rings is 1. The standard InChI is InChI=1S/C27H39N3O3S2/c1-24(2,25(3,19-28)14-13-21(31)32)17-27(23(33)29-15-10-16-30(5)6)18-26(27,4)35-22(34)20-11-8-7-9-12-20/h7-9,11-12H,10,13-18H2,1-6H3,(H,29,33)(H,31,32)/t25?,26-,27?/m0/s1. The second-order valence-electron chi connectivity index (χ2n) is 11.1. The van der Waals surface area contributed by atoms with Gasteiger partial charge in [0.05, 0.1) is 21.1 Å². The highest BCUT2D eigenvalue weighted by Crippen LogP contribution is 2.70. The van der Waals surface area contributed by atoms with Crippen LogP contribution in [-0.4, -0.2) is 58.0 Å². The van der Waals surface area contributed by atoms with Crippen LogP contribution in [0.15, 0.2) is 30.3 Å². The van der Waals surface area contributed by atoms with Gasteiger partial charge in [0, 0.05) is 17.7 Å². The fourth-order valence-electron chi connectivity index (χ4n) is 4.77. The Hall–Kier alpha value is -1.95. The molecule has 1 amide bonds. The van der Waals surface area contributed by atoms with Gasteiger partial charge in [0.15, 0.2) is 0 Å². The van der Waals surface area contributed by atoms with E-state index < -0.39 is 27.0 Å². The molecule has 0 saturated heterocycles. The smallest absolute Gasteiger partial charge is 0.303 e. The zero-order valence-electron chi connectivity index (χ0n) is 21.8. The average molecular weight is 518 g/mol. The molecular weight excluding hydrogens is 478 g/mol. The maximum atomic E-state index is 13.7. The van der Waals surface area contributed by atoms with Crippen molar-refractivity contribution in [3.63, 3.8) is 0 Å². The third-order valence-electron chi connectivity index (χ3n) is 7.68. The summed E-state index contributed by atoms with van der Waals surface area (Å²) in [5.41, 5.74) is -1.22. The van der Waals surface area contributed by atoms with Crippen molar-refractivity contribution in [3.8, 4) is 6.07 Å². The number of thiocarbonyl (C=S) groups is 1. The molecule has 35 heavy (non-hydrogen) atoms. The summed E-state index contributed by atoms with van der Waals surface area (Å²) in [6, 6.07) is 12.2. The van der Waals surface area contributed by atoms with Gasteiger partial charge in [-0.2, -0.15) is 5.26 Å². The zero-order chi connectivity index (χ0) is 26.5. The van der Waals surface area contributed by atoms with Gasteiger partial charge in [-0.15, -0.1) is 11.8 Å². The summed E-state index contributed by atoms with van der Waals surface area (Å²) >= 11 is 7.31. The number of hydrogen-bond donors (Lipinski definition) is 2. The second kappa shape index (κ2) is 11.4. The van der Waals surface area contributed by atoms with Crippen molar-refractivity contribution in [1.29, 1.82) is 5.26 Å². The van der Waals surface area contributed by atoms with Gasteiger partial charge in [0.1, 0.15) is 0 Å². The molecule has 0 aromatic heterocycles. The molecule has 2 rings (SSSR count). The van der Waals surface area contributed by atoms with Crippen molar-refractivity contribution in [1.82, 2.24) is 10.2 Å². The third kappa shape index (κ3) is 6.84.